The maximum atomic E-state index is 7.33. The fraction of sp³-hybridized carbons (Fsp3) is 0.455. The number of hydrogen-bond donors (Lipinski definition) is 3. The summed E-state index contributed by atoms with van der Waals surface area (Å²) in [6.45, 7) is 6.98. The largest absolute Gasteiger partial charge is 0.491 e. The van der Waals surface area contributed by atoms with Gasteiger partial charge < -0.3 is 34.7 Å². The van der Waals surface area contributed by atoms with Crippen LogP contribution in [0.5, 0.6) is 17.2 Å². The molecule has 0 saturated carbocycles. The van der Waals surface area contributed by atoms with Crippen molar-refractivity contribution >= 4 is 23.7 Å². The molecule has 0 spiro atoms. The highest BCUT2D eigenvalue weighted by Crippen LogP contribution is 2.46. The minimum Gasteiger partial charge on any atom is -0.491 e. The fourth-order valence-electron chi connectivity index (χ4n) is 3.57. The first kappa shape index (κ1) is 18.9. The molecule has 2 aliphatic heterocycles. The predicted molar refractivity (Wildman–Crippen MR) is 122 cm³/mol. The summed E-state index contributed by atoms with van der Waals surface area (Å²) in [6.07, 6.45) is 1.06. The minimum absolute atomic E-state index is 0.0408. The first-order valence-electron chi connectivity index (χ1n) is 11.9. The second-order valence-corrected chi connectivity index (χ2v) is 8.01. The number of ether oxygens (including phenoxy) is 4. The van der Waals surface area contributed by atoms with E-state index in [9.17, 15) is 0 Å². The van der Waals surface area contributed by atoms with Gasteiger partial charge in [-0.15, -0.1) is 0 Å². The first-order valence-corrected chi connectivity index (χ1v) is 10.7. The van der Waals surface area contributed by atoms with Crippen molar-refractivity contribution in [2.24, 2.45) is 0 Å². The van der Waals surface area contributed by atoms with Gasteiger partial charge in [-0.3, -0.25) is 4.57 Å². The Morgan fingerprint density at radius 1 is 1.59 bits per heavy atom. The summed E-state index contributed by atoms with van der Waals surface area (Å²) >= 11 is 5.50. The summed E-state index contributed by atoms with van der Waals surface area (Å²) in [7, 11) is -1.45. The highest BCUT2D eigenvalue weighted by molar-refractivity contribution is 7.71. The summed E-state index contributed by atoms with van der Waals surface area (Å²) < 4.78 is 46.6. The molecule has 2 aliphatic rings. The molecule has 3 heterocycles. The normalized spacial score (nSPS) is 23.4. The average molecular weight is 466 g/mol. The van der Waals surface area contributed by atoms with Gasteiger partial charge in [-0.05, 0) is 37.7 Å². The van der Waals surface area contributed by atoms with Gasteiger partial charge in [-0.25, -0.2) is 0 Å². The Bertz CT molecular complexity index is 1120. The molecule has 4 atom stereocenters. The van der Waals surface area contributed by atoms with E-state index in [4.69, 9.17) is 40.4 Å². The summed E-state index contributed by atoms with van der Waals surface area (Å²) in [6, 6.07) is 5.54. The highest BCUT2D eigenvalue weighted by atomic mass is 32.1. The standard InChI is InChI=1S/C22H28N4O5S/c1-13(2)23-8-5-9-29-15-6-4-7-16-20(15)24-21-17(30-16)11-26(22(32)25-21)19-10-14(27)18(31-19)12-28-3/h4,6-7,11,14,18-19,23,27H,1,5,8-10,12H2,2-3H3,(H,24,25,32)/t14?,18-,19-/m1/s1/i3TD,27T/t3?,14?,18-,19-. The van der Waals surface area contributed by atoms with Crippen LogP contribution in [0.25, 0.3) is 0 Å². The van der Waals surface area contributed by atoms with Crippen LogP contribution >= 0.6 is 12.2 Å². The molecule has 1 saturated heterocycles. The SMILES string of the molecule is [2H]C([3H])OC[C@H]1O[C@@H](n2cc3c(nc2=S)Nc2c(OCCCNC(=C)C)cccc2O3)CC1O[3H]. The topological polar surface area (TPSA) is 99.0 Å². The highest BCUT2D eigenvalue weighted by Gasteiger charge is 2.35. The molecular formula is C22H28N4O5S. The van der Waals surface area contributed by atoms with Gasteiger partial charge in [-0.2, -0.15) is 4.98 Å². The number of aromatic nitrogens is 2. The Balaban J connectivity index is 1.47. The van der Waals surface area contributed by atoms with Crippen LogP contribution in [0.1, 0.15) is 28.7 Å². The van der Waals surface area contributed by atoms with Gasteiger partial charge in [0, 0.05) is 25.7 Å². The van der Waals surface area contributed by atoms with Crippen LogP contribution in [0.15, 0.2) is 36.7 Å². The van der Waals surface area contributed by atoms with Gasteiger partial charge >= 0.3 is 0 Å². The quantitative estimate of drug-likeness (QED) is 0.306. The van der Waals surface area contributed by atoms with E-state index in [2.05, 4.69) is 22.2 Å². The number of para-hydroxylation sites is 1. The lowest BCUT2D eigenvalue weighted by atomic mass is 10.2. The van der Waals surface area contributed by atoms with Crippen molar-refractivity contribution < 1.29 is 26.8 Å². The molecule has 0 amide bonds. The van der Waals surface area contributed by atoms with E-state index in [0.717, 1.165) is 18.7 Å². The van der Waals surface area contributed by atoms with Crippen molar-refractivity contribution in [2.75, 3.05) is 32.1 Å². The van der Waals surface area contributed by atoms with Crippen LogP contribution in [0, 0.1) is 4.77 Å². The van der Waals surface area contributed by atoms with Crippen LogP contribution in [-0.2, 0) is 9.47 Å². The third kappa shape index (κ3) is 4.88. The van der Waals surface area contributed by atoms with Crippen LogP contribution in [-0.4, -0.2) is 55.1 Å². The molecule has 1 aromatic carbocycles. The second-order valence-electron chi connectivity index (χ2n) is 7.65. The van der Waals surface area contributed by atoms with Gasteiger partial charge in [0.05, 0.1) is 28.3 Å². The molecule has 4 rings (SSSR count). The van der Waals surface area contributed by atoms with Crippen molar-refractivity contribution in [2.45, 2.75) is 38.2 Å². The number of fused-ring (bicyclic) bond motifs is 2. The van der Waals surface area contributed by atoms with Crippen molar-refractivity contribution in [3.63, 3.8) is 0 Å². The molecule has 1 aromatic heterocycles. The summed E-state index contributed by atoms with van der Waals surface area (Å²) in [5.74, 6) is 2.14. The number of hydrogen-bond acceptors (Lipinski definition) is 9. The number of anilines is 2. The van der Waals surface area contributed by atoms with Gasteiger partial charge in [0.15, 0.2) is 17.3 Å². The van der Waals surface area contributed by atoms with Crippen LogP contribution in [0.3, 0.4) is 0 Å². The van der Waals surface area contributed by atoms with E-state index >= 15 is 0 Å². The molecule has 172 valence electrons. The minimum atomic E-state index is -1.45. The van der Waals surface area contributed by atoms with Crippen LogP contribution in [0.2, 0.25) is 0 Å². The molecule has 0 bridgehead atoms. The zero-order valence-electron chi connectivity index (χ0n) is 20.7. The van der Waals surface area contributed by atoms with E-state index < -0.39 is 25.5 Å². The smallest absolute Gasteiger partial charge is 0.211 e. The molecule has 2 unspecified atom stereocenters. The Hall–Kier alpha value is -2.66. The monoisotopic (exact) mass is 465 g/mol. The van der Waals surface area contributed by atoms with Gasteiger partial charge in [0.25, 0.3) is 0 Å². The third-order valence-corrected chi connectivity index (χ3v) is 5.43. The van der Waals surface area contributed by atoms with Gasteiger partial charge in [0.2, 0.25) is 6.20 Å². The summed E-state index contributed by atoms with van der Waals surface area (Å²) in [5.41, 5.74) is 1.59. The number of rotatable bonds is 10. The molecule has 1 fully saturated rings. The van der Waals surface area contributed by atoms with E-state index in [1.807, 2.05) is 25.1 Å². The van der Waals surface area contributed by atoms with E-state index in [-0.39, 0.29) is 11.4 Å². The zero-order valence-corrected chi connectivity index (χ0v) is 18.5. The lowest BCUT2D eigenvalue weighted by Crippen LogP contribution is -2.25. The second kappa shape index (κ2) is 9.86. The molecule has 3 N–H and O–H groups in total. The lowest BCUT2D eigenvalue weighted by molar-refractivity contribution is -0.0542. The van der Waals surface area contributed by atoms with Gasteiger partial charge in [-0.1, -0.05) is 12.6 Å². The molecule has 0 radical (unpaired) electrons. The van der Waals surface area contributed by atoms with E-state index in [1.54, 1.807) is 10.8 Å². The third-order valence-electron chi connectivity index (χ3n) is 5.13. The van der Waals surface area contributed by atoms with Crippen molar-refractivity contribution in [3.05, 3.63) is 41.4 Å². The molecule has 10 heteroatoms. The Morgan fingerprint density at radius 2 is 2.50 bits per heavy atom. The molecule has 2 aromatic rings. The van der Waals surface area contributed by atoms with E-state index in [1.165, 1.54) is 0 Å². The predicted octanol–water partition coefficient (Wildman–Crippen LogP) is 3.65. The summed E-state index contributed by atoms with van der Waals surface area (Å²) in [4.78, 5) is 4.48. The van der Waals surface area contributed by atoms with E-state index in [0.29, 0.717) is 41.8 Å². The number of nitrogens with one attached hydrogen (secondary N) is 2. The summed E-state index contributed by atoms with van der Waals surface area (Å²) in [5, 5.41) is 11.2. The molecule has 32 heavy (non-hydrogen) atoms. The fourth-order valence-corrected chi connectivity index (χ4v) is 3.83. The Kier molecular flexibility index (Phi) is 5.82. The molecule has 0 aliphatic carbocycles. The van der Waals surface area contributed by atoms with Crippen LogP contribution in [0.4, 0.5) is 11.5 Å². The number of methoxy groups -OCH3 is 1. The van der Waals surface area contributed by atoms with Crippen molar-refractivity contribution in [1.29, 1.82) is 1.43 Å². The average Bonchev–Trinajstić information content (AvgIpc) is 3.24. The maximum absolute atomic E-state index is 7.33. The number of nitrogens with zero attached hydrogens (tertiary/aromatic N) is 2. The maximum Gasteiger partial charge on any atom is 0.211 e. The van der Waals surface area contributed by atoms with Crippen molar-refractivity contribution in [3.8, 4) is 17.2 Å². The molecule has 9 nitrogen and oxygen atoms in total. The zero-order chi connectivity index (χ0) is 24.9. The lowest BCUT2D eigenvalue weighted by Gasteiger charge is -2.25. The molecular weight excluding hydrogens is 432 g/mol. The van der Waals surface area contributed by atoms with Gasteiger partial charge in [0.1, 0.15) is 23.8 Å². The number of allylic oxidation sites excluding steroid dienone is 1. The number of benzene rings is 1. The Morgan fingerprint density at radius 3 is 3.31 bits per heavy atom. The van der Waals surface area contributed by atoms with Crippen LogP contribution < -0.4 is 20.1 Å². The number of aliphatic hydroxyl groups excluding tert-OH is 1. The first-order chi connectivity index (χ1) is 16.9. The Labute approximate surface area is 196 Å². The van der Waals surface area contributed by atoms with Crippen molar-refractivity contribution in [1.82, 2.24) is 14.9 Å². The number of aliphatic hydroxyl groups is 1.